The van der Waals surface area contributed by atoms with Crippen molar-refractivity contribution in [1.29, 1.82) is 0 Å². The maximum Gasteiger partial charge on any atom is 0.410 e. The highest BCUT2D eigenvalue weighted by atomic mass is 19.4. The maximum absolute atomic E-state index is 13.1. The molecule has 1 heterocycles. The topological polar surface area (TPSA) is 29.5 Å². The first kappa shape index (κ1) is 14.5. The molecule has 1 amide bonds. The Kier molecular flexibility index (Phi) is 3.26. The Labute approximate surface area is 111 Å². The molecule has 1 atom stereocenters. The standard InChI is InChI=1S/C13H20F3NO2/c1-11(2,3)19-10(18)17-7-6-12(4-5-12)8-9(17)13(14,15)16/h9H,4-8H2,1-3H3. The number of carbonyl (C=O) groups is 1. The summed E-state index contributed by atoms with van der Waals surface area (Å²) in [7, 11) is 0. The van der Waals surface area contributed by atoms with Crippen LogP contribution in [0.25, 0.3) is 0 Å². The fraction of sp³-hybridized carbons (Fsp3) is 0.923. The number of carbonyl (C=O) groups excluding carboxylic acids is 1. The van der Waals surface area contributed by atoms with Crippen molar-refractivity contribution < 1.29 is 22.7 Å². The van der Waals surface area contributed by atoms with E-state index in [4.69, 9.17) is 4.74 Å². The van der Waals surface area contributed by atoms with E-state index in [1.54, 1.807) is 20.8 Å². The summed E-state index contributed by atoms with van der Waals surface area (Å²) >= 11 is 0. The molecule has 0 aromatic rings. The Morgan fingerprint density at radius 3 is 2.21 bits per heavy atom. The number of alkyl halides is 3. The van der Waals surface area contributed by atoms with Crippen LogP contribution in [0.5, 0.6) is 0 Å². The van der Waals surface area contributed by atoms with Crippen LogP contribution < -0.4 is 0 Å². The number of ether oxygens (including phenoxy) is 1. The predicted molar refractivity (Wildman–Crippen MR) is 63.7 cm³/mol. The van der Waals surface area contributed by atoms with Gasteiger partial charge in [-0.25, -0.2) is 4.79 Å². The van der Waals surface area contributed by atoms with E-state index in [1.807, 2.05) is 0 Å². The molecule has 2 rings (SSSR count). The minimum absolute atomic E-state index is 0.0236. The molecule has 0 aromatic heterocycles. The second-order valence-electron chi connectivity index (χ2n) is 6.69. The zero-order valence-corrected chi connectivity index (χ0v) is 11.5. The third kappa shape index (κ3) is 3.34. The van der Waals surface area contributed by atoms with Crippen LogP contribution in [0.1, 0.15) is 46.5 Å². The summed E-state index contributed by atoms with van der Waals surface area (Å²) in [6.45, 7) is 5.10. The van der Waals surface area contributed by atoms with Gasteiger partial charge in [0.05, 0.1) is 0 Å². The van der Waals surface area contributed by atoms with E-state index in [2.05, 4.69) is 0 Å². The quantitative estimate of drug-likeness (QED) is 0.676. The maximum atomic E-state index is 13.1. The lowest BCUT2D eigenvalue weighted by Crippen LogP contribution is -2.54. The van der Waals surface area contributed by atoms with E-state index in [-0.39, 0.29) is 18.4 Å². The zero-order valence-electron chi connectivity index (χ0n) is 11.5. The van der Waals surface area contributed by atoms with E-state index in [9.17, 15) is 18.0 Å². The van der Waals surface area contributed by atoms with Gasteiger partial charge >= 0.3 is 12.3 Å². The van der Waals surface area contributed by atoms with E-state index < -0.39 is 23.9 Å². The smallest absolute Gasteiger partial charge is 0.410 e. The zero-order chi connectivity index (χ0) is 14.5. The summed E-state index contributed by atoms with van der Waals surface area (Å²) in [6.07, 6.45) is -2.87. The number of likely N-dealkylation sites (tertiary alicyclic amines) is 1. The van der Waals surface area contributed by atoms with Gasteiger partial charge in [-0.1, -0.05) is 0 Å². The highest BCUT2D eigenvalue weighted by Gasteiger charge is 2.57. The van der Waals surface area contributed by atoms with Crippen molar-refractivity contribution in [3.05, 3.63) is 0 Å². The molecule has 19 heavy (non-hydrogen) atoms. The molecule has 6 heteroatoms. The highest BCUT2D eigenvalue weighted by molar-refractivity contribution is 5.69. The number of amides is 1. The fourth-order valence-electron chi connectivity index (χ4n) is 2.60. The second kappa shape index (κ2) is 4.28. The van der Waals surface area contributed by atoms with Crippen LogP contribution in [0.2, 0.25) is 0 Å². The van der Waals surface area contributed by atoms with E-state index in [0.717, 1.165) is 17.7 Å². The van der Waals surface area contributed by atoms with Crippen LogP contribution in [-0.2, 0) is 4.74 Å². The van der Waals surface area contributed by atoms with Crippen molar-refractivity contribution in [2.45, 2.75) is 64.3 Å². The summed E-state index contributed by atoms with van der Waals surface area (Å²) < 4.78 is 44.4. The molecule has 1 aliphatic heterocycles. The monoisotopic (exact) mass is 279 g/mol. The van der Waals surface area contributed by atoms with Crippen LogP contribution >= 0.6 is 0 Å². The average molecular weight is 279 g/mol. The predicted octanol–water partition coefficient (Wildman–Crippen LogP) is 3.73. The van der Waals surface area contributed by atoms with E-state index in [1.165, 1.54) is 0 Å². The van der Waals surface area contributed by atoms with E-state index >= 15 is 0 Å². The van der Waals surface area contributed by atoms with Crippen LogP contribution in [-0.4, -0.2) is 35.4 Å². The summed E-state index contributed by atoms with van der Waals surface area (Å²) in [6, 6.07) is -1.70. The van der Waals surface area contributed by atoms with Crippen LogP contribution in [0, 0.1) is 5.41 Å². The van der Waals surface area contributed by atoms with Crippen molar-refractivity contribution in [1.82, 2.24) is 4.90 Å². The van der Waals surface area contributed by atoms with Gasteiger partial charge in [-0.2, -0.15) is 13.2 Å². The summed E-state index contributed by atoms with van der Waals surface area (Å²) in [4.78, 5) is 12.8. The Balaban J connectivity index is 2.11. The van der Waals surface area contributed by atoms with E-state index in [0.29, 0.717) is 6.42 Å². The average Bonchev–Trinajstić information content (AvgIpc) is 2.93. The molecule has 1 saturated heterocycles. The molecule has 0 bridgehead atoms. The lowest BCUT2D eigenvalue weighted by atomic mass is 9.88. The molecular weight excluding hydrogens is 259 g/mol. The van der Waals surface area contributed by atoms with Gasteiger partial charge in [0.1, 0.15) is 11.6 Å². The molecule has 2 aliphatic rings. The van der Waals surface area contributed by atoms with Gasteiger partial charge < -0.3 is 4.74 Å². The number of rotatable bonds is 0. The van der Waals surface area contributed by atoms with Gasteiger partial charge in [-0.3, -0.25) is 4.90 Å². The lowest BCUT2D eigenvalue weighted by molar-refractivity contribution is -0.193. The van der Waals surface area contributed by atoms with Crippen molar-refractivity contribution in [2.75, 3.05) is 6.54 Å². The molecule has 0 radical (unpaired) electrons. The van der Waals surface area contributed by atoms with Crippen molar-refractivity contribution in [3.8, 4) is 0 Å². The van der Waals surface area contributed by atoms with Gasteiger partial charge in [-0.15, -0.1) is 0 Å². The minimum atomic E-state index is -4.38. The van der Waals surface area contributed by atoms with Crippen LogP contribution in [0.15, 0.2) is 0 Å². The molecule has 2 fully saturated rings. The number of hydrogen-bond donors (Lipinski definition) is 0. The molecule has 1 aliphatic carbocycles. The Bertz CT molecular complexity index is 369. The van der Waals surface area contributed by atoms with Gasteiger partial charge in [0.15, 0.2) is 0 Å². The largest absolute Gasteiger partial charge is 0.444 e. The summed E-state index contributed by atoms with van der Waals surface area (Å²) in [5.41, 5.74) is -0.944. The molecule has 1 unspecified atom stereocenters. The number of nitrogens with zero attached hydrogens (tertiary/aromatic N) is 1. The fourth-order valence-corrected chi connectivity index (χ4v) is 2.60. The highest BCUT2D eigenvalue weighted by Crippen LogP contribution is 2.57. The molecule has 0 aromatic carbocycles. The van der Waals surface area contributed by atoms with Gasteiger partial charge in [0, 0.05) is 6.54 Å². The number of hydrogen-bond acceptors (Lipinski definition) is 2. The first-order chi connectivity index (χ1) is 8.53. The Morgan fingerprint density at radius 1 is 1.21 bits per heavy atom. The molecule has 0 N–H and O–H groups in total. The number of piperidine rings is 1. The molecule has 1 spiro atoms. The van der Waals surface area contributed by atoms with Gasteiger partial charge in [-0.05, 0) is 51.9 Å². The lowest BCUT2D eigenvalue weighted by Gasteiger charge is -2.40. The third-order valence-electron chi connectivity index (χ3n) is 3.85. The first-order valence-electron chi connectivity index (χ1n) is 6.59. The number of halogens is 3. The SMILES string of the molecule is CC(C)(C)OC(=O)N1CCC2(CC2)CC1C(F)(F)F. The minimum Gasteiger partial charge on any atom is -0.444 e. The van der Waals surface area contributed by atoms with Crippen molar-refractivity contribution in [2.24, 2.45) is 5.41 Å². The molecule has 110 valence electrons. The first-order valence-corrected chi connectivity index (χ1v) is 6.59. The van der Waals surface area contributed by atoms with Gasteiger partial charge in [0.2, 0.25) is 0 Å². The van der Waals surface area contributed by atoms with Gasteiger partial charge in [0.25, 0.3) is 0 Å². The Hall–Kier alpha value is -0.940. The Morgan fingerprint density at radius 2 is 1.79 bits per heavy atom. The third-order valence-corrected chi connectivity index (χ3v) is 3.85. The second-order valence-corrected chi connectivity index (χ2v) is 6.69. The molecular formula is C13H20F3NO2. The normalized spacial score (nSPS) is 26.4. The summed E-state index contributed by atoms with van der Waals surface area (Å²) in [5.74, 6) is 0. The molecule has 3 nitrogen and oxygen atoms in total. The summed E-state index contributed by atoms with van der Waals surface area (Å²) in [5, 5.41) is 0. The van der Waals surface area contributed by atoms with Crippen LogP contribution in [0.4, 0.5) is 18.0 Å². The van der Waals surface area contributed by atoms with Crippen LogP contribution in [0.3, 0.4) is 0 Å². The van der Waals surface area contributed by atoms with Crippen molar-refractivity contribution >= 4 is 6.09 Å². The van der Waals surface area contributed by atoms with Crippen molar-refractivity contribution in [3.63, 3.8) is 0 Å². The molecule has 1 saturated carbocycles.